The maximum atomic E-state index is 11.4. The quantitative estimate of drug-likeness (QED) is 0.861. The van der Waals surface area contributed by atoms with Crippen LogP contribution in [0, 0.1) is 0 Å². The molecule has 1 unspecified atom stereocenters. The Morgan fingerprint density at radius 2 is 2.33 bits per heavy atom. The molecule has 3 nitrogen and oxygen atoms in total. The lowest BCUT2D eigenvalue weighted by atomic mass is 9.80. The van der Waals surface area contributed by atoms with Gasteiger partial charge in [0, 0.05) is 11.0 Å². The van der Waals surface area contributed by atoms with E-state index in [0.29, 0.717) is 13.0 Å². The second-order valence-corrected chi connectivity index (χ2v) is 4.74. The van der Waals surface area contributed by atoms with Crippen molar-refractivity contribution in [3.05, 3.63) is 34.3 Å². The Labute approximate surface area is 96.6 Å². The Balaban J connectivity index is 2.45. The average molecular weight is 270 g/mol. The molecular weight excluding hydrogens is 258 g/mol. The molecule has 1 heterocycles. The number of carboxylic acid groups (broad SMARTS) is 1. The first-order chi connectivity index (χ1) is 7.15. The van der Waals surface area contributed by atoms with Gasteiger partial charge >= 0.3 is 5.97 Å². The molecule has 1 atom stereocenters. The molecule has 0 bridgehead atoms. The summed E-state index contributed by atoms with van der Waals surface area (Å²) in [5.41, 5.74) is 0.124. The monoisotopic (exact) mass is 269 g/mol. The van der Waals surface area contributed by atoms with Gasteiger partial charge in [-0.2, -0.15) is 0 Å². The molecule has 0 aliphatic carbocycles. The number of aliphatic carboxylic acids is 1. The highest BCUT2D eigenvalue weighted by Crippen LogP contribution is 2.32. The van der Waals surface area contributed by atoms with Gasteiger partial charge in [-0.25, -0.2) is 0 Å². The van der Waals surface area contributed by atoms with E-state index in [1.165, 1.54) is 0 Å². The number of hydrogen-bond acceptors (Lipinski definition) is 2. The highest BCUT2D eigenvalue weighted by atomic mass is 79.9. The minimum absolute atomic E-state index is 0.513. The molecular formula is C11H12BrNO2. The lowest BCUT2D eigenvalue weighted by Gasteiger charge is -2.23. The molecule has 1 aliphatic heterocycles. The summed E-state index contributed by atoms with van der Waals surface area (Å²) in [6, 6.07) is 7.55. The van der Waals surface area contributed by atoms with E-state index < -0.39 is 11.4 Å². The lowest BCUT2D eigenvalue weighted by Crippen LogP contribution is -2.37. The topological polar surface area (TPSA) is 49.3 Å². The van der Waals surface area contributed by atoms with Crippen LogP contribution in [0.1, 0.15) is 12.0 Å². The van der Waals surface area contributed by atoms with Gasteiger partial charge in [-0.05, 0) is 30.7 Å². The number of nitrogens with one attached hydrogen (secondary N) is 1. The number of rotatable bonds is 2. The average Bonchev–Trinajstić information content (AvgIpc) is 2.67. The van der Waals surface area contributed by atoms with E-state index in [1.54, 1.807) is 0 Å². The Morgan fingerprint density at radius 1 is 1.53 bits per heavy atom. The second kappa shape index (κ2) is 3.94. The van der Waals surface area contributed by atoms with Crippen LogP contribution in [-0.2, 0) is 10.2 Å². The third kappa shape index (κ3) is 1.79. The zero-order valence-electron chi connectivity index (χ0n) is 8.16. The predicted molar refractivity (Wildman–Crippen MR) is 60.9 cm³/mol. The summed E-state index contributed by atoms with van der Waals surface area (Å²) in [5, 5.41) is 12.5. The summed E-state index contributed by atoms with van der Waals surface area (Å²) in [7, 11) is 0. The molecule has 1 aromatic rings. The fourth-order valence-electron chi connectivity index (χ4n) is 2.03. The second-order valence-electron chi connectivity index (χ2n) is 3.82. The van der Waals surface area contributed by atoms with E-state index in [9.17, 15) is 9.90 Å². The van der Waals surface area contributed by atoms with Crippen molar-refractivity contribution in [1.29, 1.82) is 0 Å². The van der Waals surface area contributed by atoms with Crippen molar-refractivity contribution < 1.29 is 9.90 Å². The van der Waals surface area contributed by atoms with Gasteiger partial charge in [0.05, 0.1) is 0 Å². The molecule has 80 valence electrons. The Kier molecular flexibility index (Phi) is 2.80. The van der Waals surface area contributed by atoms with Crippen molar-refractivity contribution in [1.82, 2.24) is 5.32 Å². The third-order valence-corrected chi connectivity index (χ3v) is 3.44. The van der Waals surface area contributed by atoms with Gasteiger partial charge in [0.1, 0.15) is 5.41 Å². The fourth-order valence-corrected chi connectivity index (χ4v) is 2.43. The van der Waals surface area contributed by atoms with Gasteiger partial charge in [-0.1, -0.05) is 28.1 Å². The minimum Gasteiger partial charge on any atom is -0.481 e. The van der Waals surface area contributed by atoms with Crippen LogP contribution in [0.5, 0.6) is 0 Å². The highest BCUT2D eigenvalue weighted by molar-refractivity contribution is 9.10. The van der Waals surface area contributed by atoms with Crippen molar-refractivity contribution in [3.63, 3.8) is 0 Å². The SMILES string of the molecule is O=C(O)C1(c2cccc(Br)c2)CCNC1. The summed E-state index contributed by atoms with van der Waals surface area (Å²) in [6.07, 6.45) is 0.652. The number of benzene rings is 1. The Hall–Kier alpha value is -0.870. The molecule has 0 saturated carbocycles. The van der Waals surface area contributed by atoms with Crippen molar-refractivity contribution in [2.45, 2.75) is 11.8 Å². The molecule has 1 aromatic carbocycles. The molecule has 15 heavy (non-hydrogen) atoms. The van der Waals surface area contributed by atoms with Gasteiger partial charge in [-0.15, -0.1) is 0 Å². The van der Waals surface area contributed by atoms with Crippen LogP contribution in [0.15, 0.2) is 28.7 Å². The van der Waals surface area contributed by atoms with E-state index in [0.717, 1.165) is 16.6 Å². The van der Waals surface area contributed by atoms with E-state index in [2.05, 4.69) is 21.2 Å². The van der Waals surface area contributed by atoms with E-state index >= 15 is 0 Å². The van der Waals surface area contributed by atoms with E-state index in [4.69, 9.17) is 0 Å². The standard InChI is InChI=1S/C11H12BrNO2/c12-9-3-1-2-8(6-9)11(10(14)15)4-5-13-7-11/h1-3,6,13H,4-5,7H2,(H,14,15). The molecule has 1 aliphatic rings. The maximum Gasteiger partial charge on any atom is 0.315 e. The minimum atomic E-state index is -0.746. The van der Waals surface area contributed by atoms with E-state index in [1.807, 2.05) is 24.3 Å². The van der Waals surface area contributed by atoms with Crippen molar-refractivity contribution in [2.75, 3.05) is 13.1 Å². The van der Waals surface area contributed by atoms with Gasteiger partial charge in [0.25, 0.3) is 0 Å². The van der Waals surface area contributed by atoms with Crippen LogP contribution < -0.4 is 5.32 Å². The van der Waals surface area contributed by atoms with Crippen LogP contribution in [0.2, 0.25) is 0 Å². The normalized spacial score (nSPS) is 25.4. The van der Waals surface area contributed by atoms with E-state index in [-0.39, 0.29) is 0 Å². The number of carboxylic acids is 1. The summed E-state index contributed by atoms with van der Waals surface area (Å²) >= 11 is 3.37. The summed E-state index contributed by atoms with van der Waals surface area (Å²) in [6.45, 7) is 1.28. The molecule has 0 aromatic heterocycles. The first-order valence-electron chi connectivity index (χ1n) is 4.85. The fraction of sp³-hybridized carbons (Fsp3) is 0.364. The number of halogens is 1. The van der Waals surface area contributed by atoms with Crippen molar-refractivity contribution >= 4 is 21.9 Å². The number of carbonyl (C=O) groups is 1. The molecule has 1 fully saturated rings. The predicted octanol–water partition coefficient (Wildman–Crippen LogP) is 1.76. The smallest absolute Gasteiger partial charge is 0.315 e. The molecule has 1 saturated heterocycles. The van der Waals surface area contributed by atoms with Crippen LogP contribution in [-0.4, -0.2) is 24.2 Å². The largest absolute Gasteiger partial charge is 0.481 e. The zero-order chi connectivity index (χ0) is 10.9. The van der Waals surface area contributed by atoms with Gasteiger partial charge < -0.3 is 10.4 Å². The third-order valence-electron chi connectivity index (χ3n) is 2.94. The van der Waals surface area contributed by atoms with Gasteiger partial charge in [0.15, 0.2) is 0 Å². The molecule has 0 radical (unpaired) electrons. The Morgan fingerprint density at radius 3 is 2.87 bits per heavy atom. The summed E-state index contributed by atoms with van der Waals surface area (Å²) in [4.78, 5) is 11.4. The highest BCUT2D eigenvalue weighted by Gasteiger charge is 2.42. The molecule has 2 rings (SSSR count). The first kappa shape index (κ1) is 10.6. The van der Waals surface area contributed by atoms with Crippen LogP contribution in [0.4, 0.5) is 0 Å². The molecule has 2 N–H and O–H groups in total. The van der Waals surface area contributed by atoms with Crippen LogP contribution >= 0.6 is 15.9 Å². The molecule has 0 spiro atoms. The summed E-state index contributed by atoms with van der Waals surface area (Å²) < 4.78 is 0.924. The number of hydrogen-bond donors (Lipinski definition) is 2. The zero-order valence-corrected chi connectivity index (χ0v) is 9.75. The van der Waals surface area contributed by atoms with Crippen LogP contribution in [0.3, 0.4) is 0 Å². The van der Waals surface area contributed by atoms with Crippen molar-refractivity contribution in [3.8, 4) is 0 Å². The molecule has 0 amide bonds. The Bertz CT molecular complexity index is 386. The van der Waals surface area contributed by atoms with Gasteiger partial charge in [-0.3, -0.25) is 4.79 Å². The first-order valence-corrected chi connectivity index (χ1v) is 5.65. The van der Waals surface area contributed by atoms with Gasteiger partial charge in [0.2, 0.25) is 0 Å². The van der Waals surface area contributed by atoms with Crippen molar-refractivity contribution in [2.24, 2.45) is 0 Å². The summed E-state index contributed by atoms with van der Waals surface area (Å²) in [5.74, 6) is -0.745. The molecule has 4 heteroatoms. The van der Waals surface area contributed by atoms with Crippen LogP contribution in [0.25, 0.3) is 0 Å². The lowest BCUT2D eigenvalue weighted by molar-refractivity contribution is -0.143. The maximum absolute atomic E-state index is 11.4.